The van der Waals surface area contributed by atoms with E-state index in [9.17, 15) is 19.2 Å². The topological polar surface area (TPSA) is 93.2 Å². The van der Waals surface area contributed by atoms with E-state index in [4.69, 9.17) is 9.47 Å². The maximum Gasteiger partial charge on any atom is 0.326 e. The van der Waals surface area contributed by atoms with Gasteiger partial charge in [-0.05, 0) is 26.7 Å². The minimum atomic E-state index is -1.39. The van der Waals surface area contributed by atoms with E-state index in [-0.39, 0.29) is 31.5 Å². The van der Waals surface area contributed by atoms with E-state index in [0.29, 0.717) is 26.1 Å². The van der Waals surface area contributed by atoms with Crippen LogP contribution in [0.2, 0.25) is 0 Å². The summed E-state index contributed by atoms with van der Waals surface area (Å²) in [5.41, 5.74) is 0. The van der Waals surface area contributed by atoms with Crippen molar-refractivity contribution in [2.24, 2.45) is 11.8 Å². The molecule has 0 radical (unpaired) electrons. The molecule has 134 valence electrons. The molecule has 1 amide bonds. The van der Waals surface area contributed by atoms with Gasteiger partial charge in [0, 0.05) is 26.1 Å². The van der Waals surface area contributed by atoms with Crippen LogP contribution in [-0.4, -0.2) is 66.5 Å². The van der Waals surface area contributed by atoms with Crippen LogP contribution in [0, 0.1) is 11.8 Å². The smallest absolute Gasteiger partial charge is 0.326 e. The van der Waals surface area contributed by atoms with E-state index in [2.05, 4.69) is 0 Å². The summed E-state index contributed by atoms with van der Waals surface area (Å²) in [6, 6.07) is 0. The summed E-state index contributed by atoms with van der Waals surface area (Å²) in [4.78, 5) is 48.4. The summed E-state index contributed by atoms with van der Waals surface area (Å²) in [6.45, 7) is 5.00. The van der Waals surface area contributed by atoms with Gasteiger partial charge in [0.05, 0.1) is 19.1 Å². The van der Waals surface area contributed by atoms with Crippen molar-refractivity contribution in [1.82, 2.24) is 10.0 Å². The van der Waals surface area contributed by atoms with E-state index in [1.54, 1.807) is 18.9 Å². The lowest BCUT2D eigenvalue weighted by Crippen LogP contribution is -2.59. The molecular formula is C16H24N2O6. The zero-order chi connectivity index (χ0) is 17.7. The molecule has 2 saturated heterocycles. The highest BCUT2D eigenvalue weighted by Gasteiger charge is 2.44. The molecule has 24 heavy (non-hydrogen) atoms. The summed E-state index contributed by atoms with van der Waals surface area (Å²) < 4.78 is 9.90. The number of rotatable bonds is 5. The van der Waals surface area contributed by atoms with Gasteiger partial charge < -0.3 is 9.47 Å². The molecule has 2 unspecified atom stereocenters. The average molecular weight is 340 g/mol. The first-order chi connectivity index (χ1) is 11.5. The summed E-state index contributed by atoms with van der Waals surface area (Å²) in [5.74, 6) is -3.73. The highest BCUT2D eigenvalue weighted by atomic mass is 16.5. The monoisotopic (exact) mass is 340 g/mol. The molecule has 0 spiro atoms. The Hall–Kier alpha value is -1.96. The predicted molar refractivity (Wildman–Crippen MR) is 82.4 cm³/mol. The van der Waals surface area contributed by atoms with Crippen LogP contribution < -0.4 is 0 Å². The van der Waals surface area contributed by atoms with Gasteiger partial charge in [0.1, 0.15) is 0 Å². The molecule has 8 nitrogen and oxygen atoms in total. The van der Waals surface area contributed by atoms with Gasteiger partial charge >= 0.3 is 11.9 Å². The molecule has 0 saturated carbocycles. The summed E-state index contributed by atoms with van der Waals surface area (Å²) in [6.07, 6.45) is 1.55. The van der Waals surface area contributed by atoms with E-state index in [1.807, 2.05) is 0 Å². The molecular weight excluding hydrogens is 316 g/mol. The fourth-order valence-electron chi connectivity index (χ4n) is 3.12. The molecule has 0 aromatic rings. The molecule has 2 heterocycles. The van der Waals surface area contributed by atoms with Gasteiger partial charge in [-0.1, -0.05) is 0 Å². The first-order valence-electron chi connectivity index (χ1n) is 8.41. The summed E-state index contributed by atoms with van der Waals surface area (Å²) in [5, 5.41) is 3.18. The van der Waals surface area contributed by atoms with Gasteiger partial charge in [-0.3, -0.25) is 24.2 Å². The quantitative estimate of drug-likeness (QED) is 0.520. The van der Waals surface area contributed by atoms with Crippen molar-refractivity contribution >= 4 is 23.6 Å². The first kappa shape index (κ1) is 18.4. The van der Waals surface area contributed by atoms with Crippen LogP contribution in [0.5, 0.6) is 0 Å². The third-order valence-electron chi connectivity index (χ3n) is 4.28. The molecule has 0 aromatic heterocycles. The Labute approximate surface area is 141 Å². The molecule has 0 bridgehead atoms. The van der Waals surface area contributed by atoms with Crippen molar-refractivity contribution in [3.63, 3.8) is 0 Å². The molecule has 2 aliphatic heterocycles. The fourth-order valence-corrected chi connectivity index (χ4v) is 3.12. The predicted octanol–water partition coefficient (Wildman–Crippen LogP) is 0.157. The molecule has 2 rings (SSSR count). The lowest BCUT2D eigenvalue weighted by molar-refractivity contribution is -0.176. The van der Waals surface area contributed by atoms with E-state index in [0.717, 1.165) is 6.42 Å². The summed E-state index contributed by atoms with van der Waals surface area (Å²) >= 11 is 0. The lowest BCUT2D eigenvalue weighted by atomic mass is 9.95. The maximum atomic E-state index is 12.6. The second kappa shape index (κ2) is 8.23. The van der Waals surface area contributed by atoms with Gasteiger partial charge in [-0.15, -0.1) is 0 Å². The second-order valence-corrected chi connectivity index (χ2v) is 5.87. The Morgan fingerprint density at radius 1 is 1.08 bits per heavy atom. The Morgan fingerprint density at radius 2 is 1.75 bits per heavy atom. The van der Waals surface area contributed by atoms with Crippen molar-refractivity contribution in [3.05, 3.63) is 0 Å². The van der Waals surface area contributed by atoms with Gasteiger partial charge in [-0.25, -0.2) is 5.01 Å². The standard InChI is InChI=1S/C16H24N2O6/c1-3-23-15(21)11-6-5-8-17(10-11)18-9-7-12(19)13(14(18)20)16(22)24-4-2/h11,13H,3-10H2,1-2H3. The number of hydrazine groups is 1. The van der Waals surface area contributed by atoms with Crippen LogP contribution in [0.1, 0.15) is 33.1 Å². The van der Waals surface area contributed by atoms with Crippen LogP contribution in [0.25, 0.3) is 0 Å². The average Bonchev–Trinajstić information content (AvgIpc) is 2.55. The van der Waals surface area contributed by atoms with Crippen LogP contribution >= 0.6 is 0 Å². The first-order valence-corrected chi connectivity index (χ1v) is 8.41. The Morgan fingerprint density at radius 3 is 2.42 bits per heavy atom. The molecule has 8 heteroatoms. The van der Waals surface area contributed by atoms with Gasteiger partial charge in [0.25, 0.3) is 5.91 Å². The van der Waals surface area contributed by atoms with Crippen molar-refractivity contribution in [2.45, 2.75) is 33.1 Å². The molecule has 2 aliphatic rings. The van der Waals surface area contributed by atoms with Gasteiger partial charge in [0.15, 0.2) is 11.7 Å². The molecule has 0 aliphatic carbocycles. The number of amides is 1. The van der Waals surface area contributed by atoms with Crippen LogP contribution in [0.3, 0.4) is 0 Å². The minimum absolute atomic E-state index is 0.107. The van der Waals surface area contributed by atoms with Crippen LogP contribution in [0.15, 0.2) is 0 Å². The van der Waals surface area contributed by atoms with Crippen molar-refractivity contribution in [2.75, 3.05) is 32.8 Å². The Kier molecular flexibility index (Phi) is 6.30. The number of hydrogen-bond acceptors (Lipinski definition) is 7. The number of piperidine rings is 2. The van der Waals surface area contributed by atoms with Crippen molar-refractivity contribution in [3.8, 4) is 0 Å². The van der Waals surface area contributed by atoms with E-state index in [1.165, 1.54) is 5.01 Å². The normalized spacial score (nSPS) is 25.5. The minimum Gasteiger partial charge on any atom is -0.466 e. The van der Waals surface area contributed by atoms with Crippen LogP contribution in [0.4, 0.5) is 0 Å². The second-order valence-electron chi connectivity index (χ2n) is 5.87. The van der Waals surface area contributed by atoms with E-state index >= 15 is 0 Å². The Bertz CT molecular complexity index is 521. The molecule has 0 N–H and O–H groups in total. The highest BCUT2D eigenvalue weighted by molar-refractivity contribution is 6.17. The number of ketones is 1. The molecule has 2 fully saturated rings. The zero-order valence-corrected chi connectivity index (χ0v) is 14.2. The summed E-state index contributed by atoms with van der Waals surface area (Å²) in [7, 11) is 0. The number of esters is 2. The fraction of sp³-hybridized carbons (Fsp3) is 0.750. The van der Waals surface area contributed by atoms with E-state index < -0.39 is 23.6 Å². The van der Waals surface area contributed by atoms with Crippen molar-refractivity contribution in [1.29, 1.82) is 0 Å². The van der Waals surface area contributed by atoms with Gasteiger partial charge in [-0.2, -0.15) is 0 Å². The molecule has 2 atom stereocenters. The number of Topliss-reactive ketones (excluding diaryl/α,β-unsaturated/α-hetero) is 1. The number of nitrogens with zero attached hydrogens (tertiary/aromatic N) is 2. The number of ether oxygens (including phenoxy) is 2. The Balaban J connectivity index is 2.07. The number of hydrogen-bond donors (Lipinski definition) is 0. The number of carbonyl (C=O) groups is 4. The van der Waals surface area contributed by atoms with Crippen molar-refractivity contribution < 1.29 is 28.7 Å². The van der Waals surface area contributed by atoms with Gasteiger partial charge in [0.2, 0.25) is 0 Å². The largest absolute Gasteiger partial charge is 0.466 e. The zero-order valence-electron chi connectivity index (χ0n) is 14.2. The number of carbonyl (C=O) groups excluding carboxylic acids is 4. The SMILES string of the molecule is CCOC(=O)C1CCCN(N2CCC(=O)C(C(=O)OCC)C2=O)C1. The van der Waals surface area contributed by atoms with Crippen LogP contribution in [-0.2, 0) is 28.7 Å². The molecule has 0 aromatic carbocycles. The third kappa shape index (κ3) is 3.92. The highest BCUT2D eigenvalue weighted by Crippen LogP contribution is 2.24. The maximum absolute atomic E-state index is 12.6. The third-order valence-corrected chi connectivity index (χ3v) is 4.28. The lowest BCUT2D eigenvalue weighted by Gasteiger charge is -2.42.